The molecule has 0 aliphatic carbocycles. The van der Waals surface area contributed by atoms with E-state index in [0.717, 1.165) is 13.0 Å². The Bertz CT molecular complexity index is 40.8. The van der Waals surface area contributed by atoms with Gasteiger partial charge in [0.15, 0.2) is 0 Å². The van der Waals surface area contributed by atoms with Gasteiger partial charge in [0.05, 0.1) is 0 Å². The van der Waals surface area contributed by atoms with E-state index in [-0.39, 0.29) is 6.40 Å². The molecule has 0 aromatic heterocycles. The predicted molar refractivity (Wildman–Crippen MR) is 20.1 cm³/mol. The highest BCUT2D eigenvalue weighted by molar-refractivity contribution is 4.43. The van der Waals surface area contributed by atoms with Crippen molar-refractivity contribution in [1.82, 2.24) is 0 Å². The summed E-state index contributed by atoms with van der Waals surface area (Å²) in [6, 6.07) is 0. The van der Waals surface area contributed by atoms with Gasteiger partial charge in [0, 0.05) is 14.6 Å². The summed E-state index contributed by atoms with van der Waals surface area (Å²) in [4.78, 5) is 0. The second-order valence-corrected chi connectivity index (χ2v) is 1.15. The molecule has 5 heavy (non-hydrogen) atoms. The van der Waals surface area contributed by atoms with Crippen molar-refractivity contribution in [2.75, 3.05) is 13.2 Å². The molecule has 0 spiro atoms. The maximum atomic E-state index is 7.01. The van der Waals surface area contributed by atoms with Crippen LogP contribution in [0.15, 0.2) is 0 Å². The van der Waals surface area contributed by atoms with Gasteiger partial charge >= 0.3 is 0 Å². The molecule has 1 aliphatic rings. The van der Waals surface area contributed by atoms with Crippen LogP contribution in [0.5, 0.6) is 0 Å². The molecule has 0 aromatic carbocycles. The second-order valence-electron chi connectivity index (χ2n) is 1.15. The van der Waals surface area contributed by atoms with Crippen molar-refractivity contribution < 1.29 is 6.11 Å². The Morgan fingerprint density at radius 1 is 1.60 bits per heavy atom. The zero-order valence-electron chi connectivity index (χ0n) is 4.11. The Kier molecular flexibility index (Phi) is 0.618. The molecule has 0 bridgehead atoms. The fourth-order valence-electron chi connectivity index (χ4n) is 0.417. The lowest BCUT2D eigenvalue weighted by Gasteiger charge is -1.76. The van der Waals surface area contributed by atoms with Crippen molar-refractivity contribution in [1.29, 1.82) is 0 Å². The number of hydrogen-bond donors (Lipinski definition) is 0. The topological polar surface area (TPSA) is 9.23 Å². The molecule has 1 unspecified atom stereocenters. The van der Waals surface area contributed by atoms with Gasteiger partial charge in [0.2, 0.25) is 0 Å². The maximum absolute atomic E-state index is 7.01. The van der Waals surface area contributed by atoms with E-state index in [4.69, 9.17) is 6.11 Å². The molecule has 1 heteroatoms. The van der Waals surface area contributed by atoms with Crippen LogP contribution in [0.1, 0.15) is 14.2 Å². The fourth-order valence-corrected chi connectivity index (χ4v) is 0.417. The van der Waals surface area contributed by atoms with E-state index in [2.05, 4.69) is 0 Å². The van der Waals surface area contributed by atoms with Crippen LogP contribution in [0.3, 0.4) is 0 Å². The van der Waals surface area contributed by atoms with Crippen molar-refractivity contribution >= 4 is 0 Å². The van der Waals surface area contributed by atoms with Gasteiger partial charge < -0.3 is 4.74 Å². The quantitative estimate of drug-likeness (QED) is 0.412. The normalized spacial score (nSPS) is 41.6. The molecule has 1 aliphatic heterocycles. The van der Waals surface area contributed by atoms with Crippen molar-refractivity contribution in [3.05, 3.63) is 0 Å². The van der Waals surface area contributed by atoms with Gasteiger partial charge in [-0.1, -0.05) is 0 Å². The van der Waals surface area contributed by atoms with E-state index < -0.39 is 0 Å². The van der Waals surface area contributed by atoms with Crippen LogP contribution in [0.4, 0.5) is 0 Å². The first-order valence-corrected chi connectivity index (χ1v) is 1.89. The second kappa shape index (κ2) is 1.41. The molecule has 1 fully saturated rings. The Labute approximate surface area is 33.3 Å². The lowest BCUT2D eigenvalue weighted by Crippen LogP contribution is -1.74. The molecule has 0 aromatic rings. The Hall–Kier alpha value is -0.0400. The van der Waals surface area contributed by atoms with Crippen LogP contribution in [-0.2, 0) is 4.74 Å². The van der Waals surface area contributed by atoms with E-state index in [9.17, 15) is 0 Å². The van der Waals surface area contributed by atoms with E-state index in [1.54, 1.807) is 0 Å². The zero-order valence-corrected chi connectivity index (χ0v) is 3.11. The SMILES string of the molecule is [2H]C1CCOC1. The Balaban J connectivity index is 2.18. The molecule has 0 amide bonds. The average molecular weight is 73.1 g/mol. The minimum absolute atomic E-state index is 0.0741. The van der Waals surface area contributed by atoms with Crippen molar-refractivity contribution in [3.63, 3.8) is 0 Å². The van der Waals surface area contributed by atoms with Crippen molar-refractivity contribution in [2.45, 2.75) is 12.8 Å². The highest BCUT2D eigenvalue weighted by Gasteiger charge is 1.94. The highest BCUT2D eigenvalue weighted by Crippen LogP contribution is 1.98. The van der Waals surface area contributed by atoms with Gasteiger partial charge in [-0.2, -0.15) is 0 Å². The number of ether oxygens (including phenoxy) is 1. The number of hydrogen-bond acceptors (Lipinski definition) is 1. The molecule has 1 atom stereocenters. The molecular formula is C4H8O. The summed E-state index contributed by atoms with van der Waals surface area (Å²) in [6.07, 6.45) is 1.00. The first kappa shape index (κ1) is 2.19. The van der Waals surface area contributed by atoms with Crippen LogP contribution in [0.25, 0.3) is 0 Å². The Morgan fingerprint density at radius 3 is 2.80 bits per heavy atom. The molecule has 0 radical (unpaired) electrons. The summed E-state index contributed by atoms with van der Waals surface area (Å²) in [6.45, 7) is 1.45. The zero-order chi connectivity index (χ0) is 4.41. The third kappa shape index (κ3) is 0.618. The van der Waals surface area contributed by atoms with Crippen molar-refractivity contribution in [2.24, 2.45) is 0 Å². The largest absolute Gasteiger partial charge is 0.381 e. The summed E-state index contributed by atoms with van der Waals surface area (Å²) in [5, 5.41) is 0. The van der Waals surface area contributed by atoms with Gasteiger partial charge in [-0.05, 0) is 12.8 Å². The molecular weight excluding hydrogens is 64.0 g/mol. The van der Waals surface area contributed by atoms with Gasteiger partial charge in [-0.15, -0.1) is 0 Å². The molecule has 1 nitrogen and oxygen atoms in total. The summed E-state index contributed by atoms with van der Waals surface area (Å²) in [5.41, 5.74) is 0. The lowest BCUT2D eigenvalue weighted by atomic mass is 10.4. The van der Waals surface area contributed by atoms with E-state index in [1.807, 2.05) is 0 Å². The third-order valence-electron chi connectivity index (χ3n) is 0.702. The molecule has 1 heterocycles. The monoisotopic (exact) mass is 73.1 g/mol. The van der Waals surface area contributed by atoms with Crippen LogP contribution >= 0.6 is 0 Å². The van der Waals surface area contributed by atoms with E-state index in [0.29, 0.717) is 6.61 Å². The summed E-state index contributed by atoms with van der Waals surface area (Å²) >= 11 is 0. The molecule has 0 N–H and O–H groups in total. The lowest BCUT2D eigenvalue weighted by molar-refractivity contribution is 0.198. The molecule has 1 rings (SSSR count). The van der Waals surface area contributed by atoms with Crippen LogP contribution in [-0.4, -0.2) is 13.2 Å². The Morgan fingerprint density at radius 2 is 2.60 bits per heavy atom. The van der Waals surface area contributed by atoms with Crippen LogP contribution in [0.2, 0.25) is 0 Å². The van der Waals surface area contributed by atoms with E-state index >= 15 is 0 Å². The van der Waals surface area contributed by atoms with Gasteiger partial charge in [-0.3, -0.25) is 0 Å². The van der Waals surface area contributed by atoms with Gasteiger partial charge in [0.25, 0.3) is 0 Å². The molecule has 30 valence electrons. The summed E-state index contributed by atoms with van der Waals surface area (Å²) in [5.74, 6) is 0. The highest BCUT2D eigenvalue weighted by atomic mass is 16.5. The average Bonchev–Trinajstić information content (AvgIpc) is 1.86. The van der Waals surface area contributed by atoms with Gasteiger partial charge in [-0.25, -0.2) is 0 Å². The first-order chi connectivity index (χ1) is 2.89. The molecule has 0 saturated carbocycles. The van der Waals surface area contributed by atoms with Crippen molar-refractivity contribution in [3.8, 4) is 0 Å². The molecule has 1 saturated heterocycles. The first-order valence-electron chi connectivity index (χ1n) is 2.47. The van der Waals surface area contributed by atoms with Crippen LogP contribution < -0.4 is 0 Å². The summed E-state index contributed by atoms with van der Waals surface area (Å²) < 4.78 is 11.9. The fraction of sp³-hybridized carbons (Fsp3) is 1.00. The summed E-state index contributed by atoms with van der Waals surface area (Å²) in [7, 11) is 0. The minimum atomic E-state index is 0.0741. The maximum Gasteiger partial charge on any atom is 0.0466 e. The number of rotatable bonds is 0. The van der Waals surface area contributed by atoms with Crippen LogP contribution in [0, 0.1) is 0 Å². The smallest absolute Gasteiger partial charge is 0.0466 e. The van der Waals surface area contributed by atoms with E-state index in [1.165, 1.54) is 0 Å². The minimum Gasteiger partial charge on any atom is -0.381 e. The standard InChI is InChI=1S/C4H8O/c1-2-4-5-3-1/h1-4H2/i1D. The third-order valence-corrected chi connectivity index (χ3v) is 0.702. The van der Waals surface area contributed by atoms with Gasteiger partial charge in [0.1, 0.15) is 0 Å². The predicted octanol–water partition coefficient (Wildman–Crippen LogP) is 0.797.